The van der Waals surface area contributed by atoms with Crippen LogP contribution in [0.5, 0.6) is 5.75 Å². The standard InChI is InChI=1S/C10H7N3O4S/c14-7-3-1-6(2-4-7)9(15)12-10-11-5-8(18-10)13(16)17/h1-5,14H,(H,11,12,15). The number of aromatic hydroxyl groups is 1. The first-order chi connectivity index (χ1) is 8.56. The molecule has 0 saturated carbocycles. The number of hydrogen-bond acceptors (Lipinski definition) is 6. The molecule has 0 radical (unpaired) electrons. The predicted molar refractivity (Wildman–Crippen MR) is 64.8 cm³/mol. The highest BCUT2D eigenvalue weighted by molar-refractivity contribution is 7.18. The fourth-order valence-corrected chi connectivity index (χ4v) is 1.82. The van der Waals surface area contributed by atoms with Gasteiger partial charge in [0, 0.05) is 5.56 Å². The van der Waals surface area contributed by atoms with E-state index in [4.69, 9.17) is 5.11 Å². The third-order valence-corrected chi connectivity index (χ3v) is 2.89. The molecule has 2 rings (SSSR count). The Kier molecular flexibility index (Phi) is 3.20. The number of nitrogens with one attached hydrogen (secondary N) is 1. The van der Waals surface area contributed by atoms with Crippen LogP contribution in [0.2, 0.25) is 0 Å². The summed E-state index contributed by atoms with van der Waals surface area (Å²) in [5.41, 5.74) is 0.325. The van der Waals surface area contributed by atoms with Crippen LogP contribution in [0.25, 0.3) is 0 Å². The molecule has 8 heteroatoms. The van der Waals surface area contributed by atoms with Crippen molar-refractivity contribution in [2.45, 2.75) is 0 Å². The number of rotatable bonds is 3. The second-order valence-corrected chi connectivity index (χ2v) is 4.27. The van der Waals surface area contributed by atoms with Crippen LogP contribution in [-0.4, -0.2) is 20.9 Å². The number of benzene rings is 1. The molecule has 1 heterocycles. The summed E-state index contributed by atoms with van der Waals surface area (Å²) in [7, 11) is 0. The first kappa shape index (κ1) is 12.0. The van der Waals surface area contributed by atoms with E-state index in [1.165, 1.54) is 24.3 Å². The number of amides is 1. The molecular formula is C10H7N3O4S. The van der Waals surface area contributed by atoms with Gasteiger partial charge in [-0.25, -0.2) is 4.98 Å². The lowest BCUT2D eigenvalue weighted by atomic mass is 10.2. The summed E-state index contributed by atoms with van der Waals surface area (Å²) in [6, 6.07) is 5.62. The first-order valence-electron chi connectivity index (χ1n) is 4.77. The number of hydrogen-bond donors (Lipinski definition) is 2. The number of phenols is 1. The van der Waals surface area contributed by atoms with E-state index in [0.717, 1.165) is 17.5 Å². The van der Waals surface area contributed by atoms with Crippen LogP contribution < -0.4 is 5.32 Å². The van der Waals surface area contributed by atoms with Crippen molar-refractivity contribution in [2.24, 2.45) is 0 Å². The van der Waals surface area contributed by atoms with Crippen molar-refractivity contribution in [3.63, 3.8) is 0 Å². The van der Waals surface area contributed by atoms with Crippen molar-refractivity contribution in [3.8, 4) is 5.75 Å². The summed E-state index contributed by atoms with van der Waals surface area (Å²) in [5, 5.41) is 22.0. The molecule has 7 nitrogen and oxygen atoms in total. The molecule has 2 aromatic rings. The number of anilines is 1. The third kappa shape index (κ3) is 2.61. The maximum Gasteiger partial charge on any atom is 0.345 e. The molecule has 2 N–H and O–H groups in total. The summed E-state index contributed by atoms with van der Waals surface area (Å²) in [6.45, 7) is 0. The Morgan fingerprint density at radius 2 is 2.06 bits per heavy atom. The smallest absolute Gasteiger partial charge is 0.345 e. The number of aromatic nitrogens is 1. The molecule has 1 aromatic carbocycles. The van der Waals surface area contributed by atoms with Crippen molar-refractivity contribution >= 4 is 27.4 Å². The lowest BCUT2D eigenvalue weighted by Crippen LogP contribution is -2.11. The Morgan fingerprint density at radius 1 is 1.39 bits per heavy atom. The molecule has 0 fully saturated rings. The minimum Gasteiger partial charge on any atom is -0.508 e. The lowest BCUT2D eigenvalue weighted by Gasteiger charge is -2.00. The molecule has 0 atom stereocenters. The molecule has 1 amide bonds. The molecular weight excluding hydrogens is 258 g/mol. The van der Waals surface area contributed by atoms with Gasteiger partial charge in [0.25, 0.3) is 5.91 Å². The van der Waals surface area contributed by atoms with Crippen molar-refractivity contribution < 1.29 is 14.8 Å². The summed E-state index contributed by atoms with van der Waals surface area (Å²) in [5.74, 6) is -0.393. The van der Waals surface area contributed by atoms with E-state index in [0.29, 0.717) is 5.56 Å². The Hall–Kier alpha value is -2.48. The van der Waals surface area contributed by atoms with Crippen LogP contribution in [0.15, 0.2) is 30.5 Å². The third-order valence-electron chi connectivity index (χ3n) is 2.02. The highest BCUT2D eigenvalue weighted by Gasteiger charge is 2.14. The van der Waals surface area contributed by atoms with Gasteiger partial charge >= 0.3 is 5.00 Å². The average Bonchev–Trinajstić information content (AvgIpc) is 2.78. The number of nitrogens with zero attached hydrogens (tertiary/aromatic N) is 2. The van der Waals surface area contributed by atoms with E-state index in [9.17, 15) is 14.9 Å². The Morgan fingerprint density at radius 3 is 2.61 bits per heavy atom. The minimum atomic E-state index is -0.576. The maximum absolute atomic E-state index is 11.7. The van der Waals surface area contributed by atoms with Gasteiger partial charge in [-0.2, -0.15) is 0 Å². The van der Waals surface area contributed by atoms with Crippen molar-refractivity contribution in [1.29, 1.82) is 0 Å². The molecule has 0 aliphatic rings. The largest absolute Gasteiger partial charge is 0.508 e. The Labute approximate surface area is 105 Å². The number of carbonyl (C=O) groups excluding carboxylic acids is 1. The van der Waals surface area contributed by atoms with Gasteiger partial charge in [0.1, 0.15) is 11.9 Å². The van der Waals surface area contributed by atoms with Crippen LogP contribution >= 0.6 is 11.3 Å². The summed E-state index contributed by atoms with van der Waals surface area (Å²) in [4.78, 5) is 25.3. The second-order valence-electron chi connectivity index (χ2n) is 3.26. The SMILES string of the molecule is O=C(Nc1ncc([N+](=O)[O-])s1)c1ccc(O)cc1. The zero-order valence-electron chi connectivity index (χ0n) is 8.86. The van der Waals surface area contributed by atoms with E-state index >= 15 is 0 Å². The van der Waals surface area contributed by atoms with Crippen LogP contribution in [-0.2, 0) is 0 Å². The van der Waals surface area contributed by atoms with E-state index < -0.39 is 10.8 Å². The number of nitro groups is 1. The van der Waals surface area contributed by atoms with E-state index in [1.807, 2.05) is 0 Å². The zero-order valence-corrected chi connectivity index (χ0v) is 9.68. The number of phenolic OH excluding ortho intramolecular Hbond substituents is 1. The van der Waals surface area contributed by atoms with Gasteiger partial charge in [-0.15, -0.1) is 0 Å². The average molecular weight is 265 g/mol. The van der Waals surface area contributed by atoms with Gasteiger partial charge < -0.3 is 5.11 Å². The number of carbonyl (C=O) groups is 1. The van der Waals surface area contributed by atoms with Crippen LogP contribution in [0.1, 0.15) is 10.4 Å². The van der Waals surface area contributed by atoms with Gasteiger partial charge in [-0.3, -0.25) is 20.2 Å². The predicted octanol–water partition coefficient (Wildman–Crippen LogP) is 2.01. The van der Waals surface area contributed by atoms with E-state index in [2.05, 4.69) is 10.3 Å². The van der Waals surface area contributed by atoms with Gasteiger partial charge in [0.05, 0.1) is 4.92 Å². The fourth-order valence-electron chi connectivity index (χ4n) is 1.19. The topological polar surface area (TPSA) is 105 Å². The molecule has 0 aliphatic carbocycles. The van der Waals surface area contributed by atoms with Crippen LogP contribution in [0.4, 0.5) is 10.1 Å². The molecule has 92 valence electrons. The quantitative estimate of drug-likeness (QED) is 0.652. The Bertz CT molecular complexity index is 593. The van der Waals surface area contributed by atoms with Crippen molar-refractivity contribution in [1.82, 2.24) is 4.98 Å². The van der Waals surface area contributed by atoms with Gasteiger partial charge in [-0.1, -0.05) is 0 Å². The fraction of sp³-hybridized carbons (Fsp3) is 0. The normalized spacial score (nSPS) is 10.0. The van der Waals surface area contributed by atoms with E-state index in [-0.39, 0.29) is 15.9 Å². The molecule has 0 spiro atoms. The highest BCUT2D eigenvalue weighted by Crippen LogP contribution is 2.25. The van der Waals surface area contributed by atoms with Gasteiger partial charge in [0.15, 0.2) is 5.13 Å². The molecule has 1 aromatic heterocycles. The van der Waals surface area contributed by atoms with Gasteiger partial charge in [-0.05, 0) is 35.6 Å². The van der Waals surface area contributed by atoms with Crippen molar-refractivity contribution in [3.05, 3.63) is 46.1 Å². The molecule has 18 heavy (non-hydrogen) atoms. The second kappa shape index (κ2) is 4.80. The maximum atomic E-state index is 11.7. The highest BCUT2D eigenvalue weighted by atomic mass is 32.1. The van der Waals surface area contributed by atoms with Crippen LogP contribution in [0.3, 0.4) is 0 Å². The van der Waals surface area contributed by atoms with Gasteiger partial charge in [0.2, 0.25) is 0 Å². The summed E-state index contributed by atoms with van der Waals surface area (Å²) in [6.07, 6.45) is 1.08. The minimum absolute atomic E-state index is 0.0523. The summed E-state index contributed by atoms with van der Waals surface area (Å²) >= 11 is 0.776. The van der Waals surface area contributed by atoms with Crippen molar-refractivity contribution in [2.75, 3.05) is 5.32 Å². The van der Waals surface area contributed by atoms with E-state index in [1.54, 1.807) is 0 Å². The molecule has 0 bridgehead atoms. The number of thiazole rings is 1. The summed E-state index contributed by atoms with van der Waals surface area (Å²) < 4.78 is 0. The zero-order chi connectivity index (χ0) is 13.1. The molecule has 0 saturated heterocycles. The monoisotopic (exact) mass is 265 g/mol. The Balaban J connectivity index is 2.11. The molecule has 0 aliphatic heterocycles. The lowest BCUT2D eigenvalue weighted by molar-refractivity contribution is -0.380. The van der Waals surface area contributed by atoms with Crippen LogP contribution in [0, 0.1) is 10.1 Å². The first-order valence-corrected chi connectivity index (χ1v) is 5.58. The molecule has 0 unspecified atom stereocenters.